The van der Waals surface area contributed by atoms with Crippen molar-refractivity contribution >= 4 is 5.82 Å². The summed E-state index contributed by atoms with van der Waals surface area (Å²) < 4.78 is 31.6. The van der Waals surface area contributed by atoms with Crippen LogP contribution in [0.5, 0.6) is 0 Å². The van der Waals surface area contributed by atoms with Gasteiger partial charge in [-0.2, -0.15) is 9.78 Å². The van der Waals surface area contributed by atoms with Crippen molar-refractivity contribution in [3.63, 3.8) is 0 Å². The SMILES string of the molecule is Nc1ncc(-c2cnn(C3CCNCC3)c2)cc1-c1nnnn1-c1c(F)cccc1F. The fraction of sp³-hybridized carbons (Fsp3) is 0.250. The molecule has 0 radical (unpaired) electrons. The lowest BCUT2D eigenvalue weighted by Gasteiger charge is -2.22. The Labute approximate surface area is 175 Å². The van der Waals surface area contributed by atoms with Crippen LogP contribution in [0, 0.1) is 11.6 Å². The number of pyridine rings is 1. The molecule has 1 saturated heterocycles. The largest absolute Gasteiger partial charge is 0.383 e. The lowest BCUT2D eigenvalue weighted by atomic mass is 10.1. The minimum atomic E-state index is -0.792. The Morgan fingerprint density at radius 2 is 1.84 bits per heavy atom. The standard InChI is InChI=1S/C20H19F2N9/c21-16-2-1-3-17(22)18(16)31-20(27-28-29-31)15-8-12(9-25-19(15)23)13-10-26-30(11-13)14-4-6-24-7-5-14/h1-3,8-11,14,24H,4-7H2,(H2,23,25). The number of nitrogens with one attached hydrogen (secondary N) is 1. The number of hydrogen-bond acceptors (Lipinski definition) is 7. The molecular formula is C20H19F2N9. The second-order valence-electron chi connectivity index (χ2n) is 7.33. The lowest BCUT2D eigenvalue weighted by molar-refractivity contribution is 0.343. The number of tetrazole rings is 1. The van der Waals surface area contributed by atoms with E-state index in [0.29, 0.717) is 11.6 Å². The van der Waals surface area contributed by atoms with Crippen LogP contribution in [0.2, 0.25) is 0 Å². The maximum Gasteiger partial charge on any atom is 0.191 e. The van der Waals surface area contributed by atoms with E-state index in [1.807, 2.05) is 10.9 Å². The monoisotopic (exact) mass is 423 g/mol. The molecule has 0 aliphatic carbocycles. The van der Waals surface area contributed by atoms with Crippen molar-refractivity contribution in [3.05, 3.63) is 54.5 Å². The Morgan fingerprint density at radius 3 is 2.61 bits per heavy atom. The highest BCUT2D eigenvalue weighted by molar-refractivity contribution is 5.76. The fourth-order valence-corrected chi connectivity index (χ4v) is 3.77. The Kier molecular flexibility index (Phi) is 4.86. The summed E-state index contributed by atoms with van der Waals surface area (Å²) in [4.78, 5) is 4.25. The van der Waals surface area contributed by atoms with Gasteiger partial charge in [0.2, 0.25) is 0 Å². The molecule has 3 aromatic heterocycles. The third-order valence-corrected chi connectivity index (χ3v) is 5.40. The number of nitrogens with zero attached hydrogens (tertiary/aromatic N) is 7. The number of nitrogens with two attached hydrogens (primary N) is 1. The second kappa shape index (κ2) is 7.84. The van der Waals surface area contributed by atoms with Gasteiger partial charge in [-0.3, -0.25) is 4.68 Å². The summed E-state index contributed by atoms with van der Waals surface area (Å²) in [6.45, 7) is 1.92. The van der Waals surface area contributed by atoms with Crippen LogP contribution in [0.25, 0.3) is 28.2 Å². The first-order valence-electron chi connectivity index (χ1n) is 9.85. The third kappa shape index (κ3) is 3.52. The van der Waals surface area contributed by atoms with E-state index in [0.717, 1.165) is 53.9 Å². The molecule has 158 valence electrons. The average molecular weight is 423 g/mol. The summed E-state index contributed by atoms with van der Waals surface area (Å²) in [7, 11) is 0. The third-order valence-electron chi connectivity index (χ3n) is 5.40. The highest BCUT2D eigenvalue weighted by atomic mass is 19.1. The number of nitrogen functional groups attached to an aromatic ring is 1. The van der Waals surface area contributed by atoms with Crippen LogP contribution < -0.4 is 11.1 Å². The van der Waals surface area contributed by atoms with Gasteiger partial charge in [0.05, 0.1) is 17.8 Å². The van der Waals surface area contributed by atoms with Crippen molar-refractivity contribution in [2.45, 2.75) is 18.9 Å². The van der Waals surface area contributed by atoms with Crippen molar-refractivity contribution in [2.75, 3.05) is 18.8 Å². The molecule has 3 N–H and O–H groups in total. The summed E-state index contributed by atoms with van der Waals surface area (Å²) in [5, 5.41) is 19.1. The highest BCUT2D eigenvalue weighted by Crippen LogP contribution is 2.31. The Hall–Kier alpha value is -3.73. The van der Waals surface area contributed by atoms with Gasteiger partial charge >= 0.3 is 0 Å². The normalized spacial score (nSPS) is 14.8. The van der Waals surface area contributed by atoms with Crippen LogP contribution in [0.4, 0.5) is 14.6 Å². The summed E-state index contributed by atoms with van der Waals surface area (Å²) in [5.74, 6) is -1.36. The molecule has 0 spiro atoms. The van der Waals surface area contributed by atoms with Crippen molar-refractivity contribution in [1.82, 2.24) is 40.3 Å². The quantitative estimate of drug-likeness (QED) is 0.518. The molecule has 0 atom stereocenters. The maximum absolute atomic E-state index is 14.3. The first kappa shape index (κ1) is 19.2. The molecule has 0 amide bonds. The Morgan fingerprint density at radius 1 is 1.06 bits per heavy atom. The topological polar surface area (TPSA) is 112 Å². The molecular weight excluding hydrogens is 404 g/mol. The number of piperidine rings is 1. The number of rotatable bonds is 4. The fourth-order valence-electron chi connectivity index (χ4n) is 3.77. The van der Waals surface area contributed by atoms with Crippen LogP contribution in [0.1, 0.15) is 18.9 Å². The molecule has 0 unspecified atom stereocenters. The maximum atomic E-state index is 14.3. The smallest absolute Gasteiger partial charge is 0.191 e. The van der Waals surface area contributed by atoms with Gasteiger partial charge in [0.15, 0.2) is 17.5 Å². The summed E-state index contributed by atoms with van der Waals surface area (Å²) in [6.07, 6.45) is 7.37. The highest BCUT2D eigenvalue weighted by Gasteiger charge is 2.21. The van der Waals surface area contributed by atoms with Crippen LogP contribution in [-0.2, 0) is 0 Å². The molecule has 1 fully saturated rings. The van der Waals surface area contributed by atoms with Gasteiger partial charge < -0.3 is 11.1 Å². The van der Waals surface area contributed by atoms with E-state index in [9.17, 15) is 8.78 Å². The van der Waals surface area contributed by atoms with Crippen LogP contribution in [-0.4, -0.2) is 48.1 Å². The van der Waals surface area contributed by atoms with E-state index in [1.165, 1.54) is 6.07 Å². The van der Waals surface area contributed by atoms with Crippen LogP contribution in [0.15, 0.2) is 42.9 Å². The van der Waals surface area contributed by atoms with Gasteiger partial charge in [0.1, 0.15) is 11.5 Å². The molecule has 1 aliphatic heterocycles. The van der Waals surface area contributed by atoms with E-state index in [4.69, 9.17) is 5.73 Å². The van der Waals surface area contributed by atoms with E-state index in [2.05, 4.69) is 30.9 Å². The molecule has 9 nitrogen and oxygen atoms in total. The molecule has 0 saturated carbocycles. The van der Waals surface area contributed by atoms with Crippen molar-refractivity contribution in [2.24, 2.45) is 0 Å². The zero-order chi connectivity index (χ0) is 21.4. The van der Waals surface area contributed by atoms with E-state index in [1.54, 1.807) is 18.5 Å². The Bertz CT molecular complexity index is 1210. The molecule has 4 aromatic rings. The number of anilines is 1. The number of hydrogen-bond donors (Lipinski definition) is 2. The van der Waals surface area contributed by atoms with Crippen molar-refractivity contribution in [1.29, 1.82) is 0 Å². The first-order valence-corrected chi connectivity index (χ1v) is 9.85. The van der Waals surface area contributed by atoms with E-state index in [-0.39, 0.29) is 17.3 Å². The summed E-state index contributed by atoms with van der Waals surface area (Å²) in [6, 6.07) is 5.63. The lowest BCUT2D eigenvalue weighted by Crippen LogP contribution is -2.29. The zero-order valence-electron chi connectivity index (χ0n) is 16.4. The zero-order valence-corrected chi connectivity index (χ0v) is 16.4. The molecule has 1 aromatic carbocycles. The van der Waals surface area contributed by atoms with Gasteiger partial charge in [-0.1, -0.05) is 6.07 Å². The Balaban J connectivity index is 1.54. The van der Waals surface area contributed by atoms with Crippen LogP contribution >= 0.6 is 0 Å². The number of aromatic nitrogens is 7. The minimum Gasteiger partial charge on any atom is -0.383 e. The molecule has 1 aliphatic rings. The predicted octanol–water partition coefficient (Wildman–Crippen LogP) is 2.37. The molecule has 11 heteroatoms. The second-order valence-corrected chi connectivity index (χ2v) is 7.33. The molecule has 31 heavy (non-hydrogen) atoms. The van der Waals surface area contributed by atoms with Crippen molar-refractivity contribution in [3.8, 4) is 28.2 Å². The predicted molar refractivity (Wildman–Crippen MR) is 109 cm³/mol. The molecule has 0 bridgehead atoms. The first-order chi connectivity index (χ1) is 15.1. The minimum absolute atomic E-state index is 0.0848. The van der Waals surface area contributed by atoms with E-state index < -0.39 is 11.6 Å². The van der Waals surface area contributed by atoms with Crippen LogP contribution in [0.3, 0.4) is 0 Å². The number of halogens is 2. The number of benzene rings is 1. The molecule has 4 heterocycles. The average Bonchev–Trinajstić information content (AvgIpc) is 3.45. The van der Waals surface area contributed by atoms with Crippen molar-refractivity contribution < 1.29 is 8.78 Å². The van der Waals surface area contributed by atoms with E-state index >= 15 is 0 Å². The summed E-state index contributed by atoms with van der Waals surface area (Å²) >= 11 is 0. The van der Waals surface area contributed by atoms with Gasteiger partial charge in [0, 0.05) is 23.5 Å². The number of para-hydroxylation sites is 1. The molecule has 5 rings (SSSR count). The van der Waals surface area contributed by atoms with Gasteiger partial charge in [-0.05, 0) is 54.6 Å². The summed E-state index contributed by atoms with van der Waals surface area (Å²) in [5.41, 5.74) is 7.64. The van der Waals surface area contributed by atoms with Gasteiger partial charge in [-0.15, -0.1) is 5.10 Å². The van der Waals surface area contributed by atoms with Gasteiger partial charge in [-0.25, -0.2) is 13.8 Å². The van der Waals surface area contributed by atoms with Gasteiger partial charge in [0.25, 0.3) is 0 Å².